The number of nitrogens with zero attached hydrogens (tertiary/aromatic N) is 1. The fourth-order valence-corrected chi connectivity index (χ4v) is 5.39. The maximum atomic E-state index is 12.7. The summed E-state index contributed by atoms with van der Waals surface area (Å²) in [5.74, 6) is 0.636. The molecule has 1 aliphatic heterocycles. The van der Waals surface area contributed by atoms with Gasteiger partial charge in [0.15, 0.2) is 6.61 Å². The molecule has 29 heavy (non-hydrogen) atoms. The molecule has 2 aromatic rings. The van der Waals surface area contributed by atoms with Crippen LogP contribution in [0.1, 0.15) is 49.7 Å². The molecule has 1 aromatic heterocycles. The quantitative estimate of drug-likeness (QED) is 0.806. The van der Waals surface area contributed by atoms with Crippen molar-refractivity contribution in [1.82, 2.24) is 4.90 Å². The van der Waals surface area contributed by atoms with E-state index in [4.69, 9.17) is 9.15 Å². The van der Waals surface area contributed by atoms with Gasteiger partial charge in [0.25, 0.3) is 5.91 Å². The van der Waals surface area contributed by atoms with E-state index in [1.165, 1.54) is 0 Å². The van der Waals surface area contributed by atoms with E-state index in [1.54, 1.807) is 6.07 Å². The molecule has 2 atom stereocenters. The van der Waals surface area contributed by atoms with Crippen LogP contribution in [0.4, 0.5) is 0 Å². The van der Waals surface area contributed by atoms with Crippen LogP contribution in [0.15, 0.2) is 27.4 Å². The summed E-state index contributed by atoms with van der Waals surface area (Å²) in [6.07, 6.45) is 7.35. The first-order chi connectivity index (χ1) is 14.0. The third-order valence-electron chi connectivity index (χ3n) is 7.09. The normalized spacial score (nSPS) is 26.2. The summed E-state index contributed by atoms with van der Waals surface area (Å²) in [6, 6.07) is 5.47. The minimum absolute atomic E-state index is 0.0498. The highest BCUT2D eigenvalue weighted by molar-refractivity contribution is 5.83. The second-order valence-corrected chi connectivity index (χ2v) is 8.78. The number of benzene rings is 1. The Hall–Kier alpha value is -2.34. The van der Waals surface area contributed by atoms with Gasteiger partial charge in [-0.3, -0.25) is 4.79 Å². The molecule has 0 unspecified atom stereocenters. The third-order valence-corrected chi connectivity index (χ3v) is 7.09. The lowest BCUT2D eigenvalue weighted by molar-refractivity contribution is -0.145. The van der Waals surface area contributed by atoms with Gasteiger partial charge in [-0.25, -0.2) is 4.79 Å². The first kappa shape index (κ1) is 18.7. The Morgan fingerprint density at radius 2 is 2.07 bits per heavy atom. The van der Waals surface area contributed by atoms with Gasteiger partial charge in [-0.15, -0.1) is 0 Å². The number of aliphatic hydroxyl groups is 1. The smallest absolute Gasteiger partial charge is 0.339 e. The summed E-state index contributed by atoms with van der Waals surface area (Å²) in [5, 5.41) is 11.7. The van der Waals surface area contributed by atoms with Gasteiger partial charge >= 0.3 is 5.63 Å². The van der Waals surface area contributed by atoms with E-state index in [0.29, 0.717) is 30.8 Å². The maximum absolute atomic E-state index is 12.7. The minimum Gasteiger partial charge on any atom is -0.484 e. The molecule has 1 saturated heterocycles. The van der Waals surface area contributed by atoms with Gasteiger partial charge in [0.05, 0.1) is 5.60 Å². The molecule has 2 fully saturated rings. The van der Waals surface area contributed by atoms with E-state index in [2.05, 4.69) is 0 Å². The summed E-state index contributed by atoms with van der Waals surface area (Å²) >= 11 is 0. The van der Waals surface area contributed by atoms with Gasteiger partial charge in [0.2, 0.25) is 0 Å². The number of piperidine rings is 1. The minimum atomic E-state index is -0.591. The Kier molecular flexibility index (Phi) is 4.62. The SMILES string of the molecule is O=C(COc1ccc2c3c(c(=O)oc2c1)CCC3)N1CC[C@]2(O)CCCC[C@@H]2C1. The standard InChI is InChI=1S/C23H27NO5/c25-21(24-11-10-23(27)9-2-1-4-15(23)13-24)14-28-16-7-8-18-17-5-3-6-19(17)22(26)29-20(18)12-16/h7-8,12,15,27H,1-6,9-11,13-14H2/t15-,23-/m1/s1. The Morgan fingerprint density at radius 3 is 2.97 bits per heavy atom. The van der Waals surface area contributed by atoms with Crippen LogP contribution >= 0.6 is 0 Å². The maximum Gasteiger partial charge on any atom is 0.339 e. The molecule has 2 heterocycles. The number of hydrogen-bond acceptors (Lipinski definition) is 5. The summed E-state index contributed by atoms with van der Waals surface area (Å²) in [7, 11) is 0. The van der Waals surface area contributed by atoms with Crippen molar-refractivity contribution < 1.29 is 19.1 Å². The highest BCUT2D eigenvalue weighted by Gasteiger charge is 2.43. The zero-order valence-electron chi connectivity index (χ0n) is 16.6. The molecule has 1 amide bonds. The van der Waals surface area contributed by atoms with Crippen LogP contribution in [0, 0.1) is 5.92 Å². The zero-order chi connectivity index (χ0) is 20.0. The van der Waals surface area contributed by atoms with E-state index in [0.717, 1.165) is 61.5 Å². The highest BCUT2D eigenvalue weighted by Crippen LogP contribution is 2.39. The van der Waals surface area contributed by atoms with E-state index >= 15 is 0 Å². The molecule has 1 saturated carbocycles. The van der Waals surface area contributed by atoms with E-state index in [-0.39, 0.29) is 24.1 Å². The molecule has 6 heteroatoms. The van der Waals surface area contributed by atoms with Crippen LogP contribution in [-0.2, 0) is 17.6 Å². The Bertz CT molecular complexity index is 1010. The van der Waals surface area contributed by atoms with E-state index < -0.39 is 5.60 Å². The number of amides is 1. The van der Waals surface area contributed by atoms with Crippen molar-refractivity contribution in [3.05, 3.63) is 39.7 Å². The lowest BCUT2D eigenvalue weighted by Crippen LogP contribution is -2.55. The van der Waals surface area contributed by atoms with Crippen molar-refractivity contribution in [1.29, 1.82) is 0 Å². The average Bonchev–Trinajstić information content (AvgIpc) is 3.22. The predicted molar refractivity (Wildman–Crippen MR) is 108 cm³/mol. The van der Waals surface area contributed by atoms with E-state index in [1.807, 2.05) is 17.0 Å². The number of aryl methyl sites for hydroxylation is 1. The summed E-state index contributed by atoms with van der Waals surface area (Å²) in [5.41, 5.74) is 1.56. The second-order valence-electron chi connectivity index (χ2n) is 8.78. The molecule has 1 N–H and O–H groups in total. The number of ether oxygens (including phenoxy) is 1. The van der Waals surface area contributed by atoms with Gasteiger partial charge in [0.1, 0.15) is 11.3 Å². The van der Waals surface area contributed by atoms with Crippen LogP contribution in [-0.4, -0.2) is 41.2 Å². The van der Waals surface area contributed by atoms with Crippen LogP contribution < -0.4 is 10.4 Å². The molecular formula is C23H27NO5. The first-order valence-corrected chi connectivity index (χ1v) is 10.7. The van der Waals surface area contributed by atoms with Crippen LogP contribution in [0.5, 0.6) is 5.75 Å². The van der Waals surface area contributed by atoms with Gasteiger partial charge in [-0.05, 0) is 56.2 Å². The van der Waals surface area contributed by atoms with Gasteiger partial charge in [0, 0.05) is 36.0 Å². The number of likely N-dealkylation sites (tertiary alicyclic amines) is 1. The fraction of sp³-hybridized carbons (Fsp3) is 0.565. The van der Waals surface area contributed by atoms with Gasteiger partial charge in [-0.1, -0.05) is 12.8 Å². The average molecular weight is 397 g/mol. The molecule has 1 aromatic carbocycles. The molecule has 0 radical (unpaired) electrons. The van der Waals surface area contributed by atoms with Crippen LogP contribution in [0.25, 0.3) is 11.0 Å². The lowest BCUT2D eigenvalue weighted by atomic mass is 9.71. The van der Waals surface area contributed by atoms with Gasteiger partial charge < -0.3 is 19.2 Å². The number of rotatable bonds is 3. The monoisotopic (exact) mass is 397 g/mol. The lowest BCUT2D eigenvalue weighted by Gasteiger charge is -2.47. The molecule has 154 valence electrons. The van der Waals surface area contributed by atoms with Crippen LogP contribution in [0.2, 0.25) is 0 Å². The van der Waals surface area contributed by atoms with Crippen molar-refractivity contribution in [3.8, 4) is 5.75 Å². The number of fused-ring (bicyclic) bond motifs is 4. The largest absolute Gasteiger partial charge is 0.484 e. The number of hydrogen-bond donors (Lipinski definition) is 1. The topological polar surface area (TPSA) is 80.0 Å². The fourth-order valence-electron chi connectivity index (χ4n) is 5.39. The molecule has 0 bridgehead atoms. The third kappa shape index (κ3) is 3.33. The van der Waals surface area contributed by atoms with Crippen molar-refractivity contribution in [2.24, 2.45) is 5.92 Å². The molecule has 6 nitrogen and oxygen atoms in total. The summed E-state index contributed by atoms with van der Waals surface area (Å²) in [6.45, 7) is 1.14. The van der Waals surface area contributed by atoms with Crippen molar-refractivity contribution in [2.45, 2.75) is 57.0 Å². The van der Waals surface area contributed by atoms with Gasteiger partial charge in [-0.2, -0.15) is 0 Å². The molecular weight excluding hydrogens is 370 g/mol. The predicted octanol–water partition coefficient (Wildman–Crippen LogP) is 2.81. The van der Waals surface area contributed by atoms with Crippen molar-refractivity contribution in [2.75, 3.05) is 19.7 Å². The highest BCUT2D eigenvalue weighted by atomic mass is 16.5. The summed E-state index contributed by atoms with van der Waals surface area (Å²) in [4.78, 5) is 26.6. The summed E-state index contributed by atoms with van der Waals surface area (Å²) < 4.78 is 11.2. The molecule has 3 aliphatic rings. The van der Waals surface area contributed by atoms with Crippen molar-refractivity contribution in [3.63, 3.8) is 0 Å². The van der Waals surface area contributed by atoms with Crippen molar-refractivity contribution >= 4 is 16.9 Å². The Labute approximate surface area is 169 Å². The Balaban J connectivity index is 1.26. The molecule has 5 rings (SSSR count). The second kappa shape index (κ2) is 7.17. The molecule has 2 aliphatic carbocycles. The Morgan fingerprint density at radius 1 is 1.21 bits per heavy atom. The van der Waals surface area contributed by atoms with E-state index in [9.17, 15) is 14.7 Å². The zero-order valence-corrected chi connectivity index (χ0v) is 16.6. The number of carbonyl (C=O) groups excluding carboxylic acids is 1. The number of carbonyl (C=O) groups is 1. The first-order valence-electron chi connectivity index (χ1n) is 10.7. The van der Waals surface area contributed by atoms with Crippen LogP contribution in [0.3, 0.4) is 0 Å². The molecule has 0 spiro atoms.